The largest absolute Gasteiger partial charge is 0.486 e. The third kappa shape index (κ3) is 3.09. The summed E-state index contributed by atoms with van der Waals surface area (Å²) in [7, 11) is 0. The number of aryl methyl sites for hydroxylation is 2. The van der Waals surface area contributed by atoms with Gasteiger partial charge in [0.05, 0.1) is 5.69 Å². The fourth-order valence-electron chi connectivity index (χ4n) is 1.71. The molecule has 2 N–H and O–H groups in total. The van der Waals surface area contributed by atoms with Crippen LogP contribution in [0.2, 0.25) is 0 Å². The van der Waals surface area contributed by atoms with Crippen molar-refractivity contribution in [3.05, 3.63) is 45.4 Å². The molecule has 18 heavy (non-hydrogen) atoms. The molecule has 0 aliphatic rings. The quantitative estimate of drug-likeness (QED) is 0.901. The maximum absolute atomic E-state index is 5.79. The zero-order chi connectivity index (χ0) is 13.0. The highest BCUT2D eigenvalue weighted by Gasteiger charge is 2.05. The maximum atomic E-state index is 5.79. The molecular formula is C14H18N2OS. The molecule has 0 spiro atoms. The first-order valence-electron chi connectivity index (χ1n) is 6.10. The van der Waals surface area contributed by atoms with E-state index in [1.165, 1.54) is 9.75 Å². The average molecular weight is 262 g/mol. The predicted molar refractivity (Wildman–Crippen MR) is 74.9 cm³/mol. The summed E-state index contributed by atoms with van der Waals surface area (Å²) in [5.41, 5.74) is 7.46. The lowest BCUT2D eigenvalue weighted by Gasteiger charge is -2.09. The van der Waals surface area contributed by atoms with Crippen molar-refractivity contribution in [3.63, 3.8) is 0 Å². The van der Waals surface area contributed by atoms with E-state index in [-0.39, 0.29) is 0 Å². The maximum Gasteiger partial charge on any atom is 0.142 e. The number of hydrogen-bond donors (Lipinski definition) is 1. The van der Waals surface area contributed by atoms with E-state index in [0.29, 0.717) is 13.2 Å². The Hall–Kier alpha value is -1.39. The molecule has 0 saturated carbocycles. The number of aromatic nitrogens is 1. The molecule has 3 nitrogen and oxygen atoms in total. The summed E-state index contributed by atoms with van der Waals surface area (Å²) in [6.07, 6.45) is 1.07. The second-order valence-corrected chi connectivity index (χ2v) is 5.36. The molecule has 2 aromatic heterocycles. The van der Waals surface area contributed by atoms with Crippen molar-refractivity contribution in [1.82, 2.24) is 4.98 Å². The predicted octanol–water partition coefficient (Wildman–Crippen LogP) is 3.05. The van der Waals surface area contributed by atoms with Gasteiger partial charge in [-0.15, -0.1) is 11.3 Å². The van der Waals surface area contributed by atoms with Crippen LogP contribution in [0.15, 0.2) is 24.3 Å². The number of ether oxygens (including phenoxy) is 1. The fourth-order valence-corrected chi connectivity index (χ4v) is 2.59. The Morgan fingerprint density at radius 2 is 2.00 bits per heavy atom. The van der Waals surface area contributed by atoms with Crippen molar-refractivity contribution in [3.8, 4) is 5.75 Å². The van der Waals surface area contributed by atoms with Crippen molar-refractivity contribution in [1.29, 1.82) is 0 Å². The van der Waals surface area contributed by atoms with Crippen molar-refractivity contribution >= 4 is 11.3 Å². The van der Waals surface area contributed by atoms with Gasteiger partial charge in [0, 0.05) is 22.0 Å². The average Bonchev–Trinajstić information content (AvgIpc) is 2.85. The van der Waals surface area contributed by atoms with Crippen LogP contribution in [0.1, 0.15) is 28.1 Å². The van der Waals surface area contributed by atoms with E-state index >= 15 is 0 Å². The Morgan fingerprint density at radius 3 is 2.67 bits per heavy atom. The summed E-state index contributed by atoms with van der Waals surface area (Å²) in [5, 5.41) is 0. The highest BCUT2D eigenvalue weighted by molar-refractivity contribution is 7.11. The number of nitrogens with zero attached hydrogens (tertiary/aromatic N) is 1. The molecule has 0 fully saturated rings. The number of pyridine rings is 1. The van der Waals surface area contributed by atoms with Gasteiger partial charge in [0.2, 0.25) is 0 Å². The van der Waals surface area contributed by atoms with Gasteiger partial charge in [-0.3, -0.25) is 4.98 Å². The third-order valence-corrected chi connectivity index (χ3v) is 3.90. The highest BCUT2D eigenvalue weighted by Crippen LogP contribution is 2.21. The van der Waals surface area contributed by atoms with E-state index in [1.807, 2.05) is 19.1 Å². The molecule has 0 aliphatic heterocycles. The zero-order valence-electron chi connectivity index (χ0n) is 10.8. The van der Waals surface area contributed by atoms with Crippen LogP contribution in [0.4, 0.5) is 0 Å². The van der Waals surface area contributed by atoms with Gasteiger partial charge in [-0.25, -0.2) is 0 Å². The lowest BCUT2D eigenvalue weighted by atomic mass is 10.3. The fraction of sp³-hybridized carbons (Fsp3) is 0.357. The van der Waals surface area contributed by atoms with Gasteiger partial charge in [0.1, 0.15) is 12.4 Å². The second-order valence-electron chi connectivity index (χ2n) is 4.11. The highest BCUT2D eigenvalue weighted by atomic mass is 32.1. The first-order chi connectivity index (χ1) is 8.72. The molecule has 4 heteroatoms. The molecular weight excluding hydrogens is 244 g/mol. The van der Waals surface area contributed by atoms with Crippen molar-refractivity contribution < 1.29 is 4.74 Å². The summed E-state index contributed by atoms with van der Waals surface area (Å²) in [5.74, 6) is 0.787. The van der Waals surface area contributed by atoms with Gasteiger partial charge in [-0.2, -0.15) is 0 Å². The molecule has 0 aliphatic carbocycles. The van der Waals surface area contributed by atoms with Crippen LogP contribution >= 0.6 is 11.3 Å². The minimum absolute atomic E-state index is 0.404. The first-order valence-corrected chi connectivity index (χ1v) is 6.91. The van der Waals surface area contributed by atoms with Crippen LogP contribution in [-0.4, -0.2) is 4.98 Å². The van der Waals surface area contributed by atoms with Gasteiger partial charge < -0.3 is 10.5 Å². The molecule has 0 aromatic carbocycles. The van der Waals surface area contributed by atoms with Crippen molar-refractivity contribution in [2.75, 3.05) is 0 Å². The zero-order valence-corrected chi connectivity index (χ0v) is 11.6. The summed E-state index contributed by atoms with van der Waals surface area (Å²) in [4.78, 5) is 6.99. The third-order valence-electron chi connectivity index (χ3n) is 2.70. The topological polar surface area (TPSA) is 48.1 Å². The van der Waals surface area contributed by atoms with Crippen molar-refractivity contribution in [2.24, 2.45) is 5.73 Å². The number of nitrogens with two attached hydrogens (primary N) is 1. The second kappa shape index (κ2) is 5.98. The van der Waals surface area contributed by atoms with Gasteiger partial charge in [0.25, 0.3) is 0 Å². The Balaban J connectivity index is 2.05. The van der Waals surface area contributed by atoms with Crippen LogP contribution < -0.4 is 10.5 Å². The smallest absolute Gasteiger partial charge is 0.142 e. The number of thiophene rings is 1. The van der Waals surface area contributed by atoms with Gasteiger partial charge in [0.15, 0.2) is 0 Å². The summed E-state index contributed by atoms with van der Waals surface area (Å²) < 4.78 is 5.79. The standard InChI is InChI=1S/C14H18N2OS/c1-3-11-5-6-12(18-11)9-17-14-7-4-10(2)16-13(14)8-15/h4-7H,3,8-9,15H2,1-2H3. The molecule has 0 saturated heterocycles. The number of hydrogen-bond acceptors (Lipinski definition) is 4. The van der Waals surface area contributed by atoms with Crippen LogP contribution in [0.3, 0.4) is 0 Å². The molecule has 0 bridgehead atoms. The van der Waals surface area contributed by atoms with Crippen LogP contribution in [0.25, 0.3) is 0 Å². The number of rotatable bonds is 5. The van der Waals surface area contributed by atoms with Crippen LogP contribution in [0, 0.1) is 6.92 Å². The molecule has 0 radical (unpaired) electrons. The van der Waals surface area contributed by atoms with Crippen LogP contribution in [0.5, 0.6) is 5.75 Å². The molecule has 2 rings (SSSR count). The van der Waals surface area contributed by atoms with E-state index in [1.54, 1.807) is 11.3 Å². The Bertz CT molecular complexity index is 522. The summed E-state index contributed by atoms with van der Waals surface area (Å²) >= 11 is 1.79. The SMILES string of the molecule is CCc1ccc(COc2ccc(C)nc2CN)s1. The molecule has 0 amide bonds. The Kier molecular flexibility index (Phi) is 4.33. The van der Waals surface area contributed by atoms with E-state index in [2.05, 4.69) is 24.0 Å². The minimum Gasteiger partial charge on any atom is -0.486 e. The van der Waals surface area contributed by atoms with Crippen molar-refractivity contribution in [2.45, 2.75) is 33.4 Å². The minimum atomic E-state index is 0.404. The summed E-state index contributed by atoms with van der Waals surface area (Å²) in [6.45, 7) is 5.10. The van der Waals surface area contributed by atoms with Gasteiger partial charge in [-0.1, -0.05) is 6.92 Å². The summed E-state index contributed by atoms with van der Waals surface area (Å²) in [6, 6.07) is 8.16. The lowest BCUT2D eigenvalue weighted by molar-refractivity contribution is 0.304. The first kappa shape index (κ1) is 13.1. The van der Waals surface area contributed by atoms with E-state index in [0.717, 1.165) is 23.6 Å². The van der Waals surface area contributed by atoms with Gasteiger partial charge >= 0.3 is 0 Å². The van der Waals surface area contributed by atoms with E-state index in [4.69, 9.17) is 10.5 Å². The van der Waals surface area contributed by atoms with E-state index < -0.39 is 0 Å². The van der Waals surface area contributed by atoms with Crippen LogP contribution in [-0.2, 0) is 19.6 Å². The Labute approximate surface area is 112 Å². The monoisotopic (exact) mass is 262 g/mol. The molecule has 2 heterocycles. The molecule has 0 unspecified atom stereocenters. The Morgan fingerprint density at radius 1 is 1.22 bits per heavy atom. The molecule has 2 aromatic rings. The van der Waals surface area contributed by atoms with Gasteiger partial charge in [-0.05, 0) is 37.6 Å². The van der Waals surface area contributed by atoms with E-state index in [9.17, 15) is 0 Å². The molecule has 0 atom stereocenters. The molecule has 96 valence electrons. The normalized spacial score (nSPS) is 10.6. The lowest BCUT2D eigenvalue weighted by Crippen LogP contribution is -2.05.